The Morgan fingerprint density at radius 3 is 2.61 bits per heavy atom. The molecule has 0 aliphatic rings. The minimum atomic E-state index is -0.457. The van der Waals surface area contributed by atoms with Gasteiger partial charge in [0.2, 0.25) is 0 Å². The number of aryl methyl sites for hydroxylation is 1. The Hall–Kier alpha value is -3.85. The first-order valence-corrected chi connectivity index (χ1v) is 11.0. The first kappa shape index (κ1) is 23.8. The Morgan fingerprint density at radius 1 is 1.12 bits per heavy atom. The molecule has 0 heterocycles. The first-order valence-electron chi connectivity index (χ1n) is 10.0. The molecule has 0 saturated heterocycles. The van der Waals surface area contributed by atoms with Crippen molar-refractivity contribution in [3.63, 3.8) is 0 Å². The Bertz CT molecular complexity index is 1170. The van der Waals surface area contributed by atoms with E-state index < -0.39 is 4.92 Å². The third-order valence-corrected chi connectivity index (χ3v) is 5.45. The number of benzene rings is 3. The molecule has 0 spiro atoms. The van der Waals surface area contributed by atoms with Gasteiger partial charge >= 0.3 is 5.69 Å². The molecule has 0 radical (unpaired) electrons. The molecule has 0 atom stereocenters. The molecule has 0 unspecified atom stereocenters. The number of ether oxygens (including phenoxy) is 2. The van der Waals surface area contributed by atoms with Gasteiger partial charge in [0.05, 0.1) is 18.2 Å². The fraction of sp³-hybridized carbons (Fsp3) is 0.167. The van der Waals surface area contributed by atoms with Crippen molar-refractivity contribution in [2.24, 2.45) is 15.9 Å². The van der Waals surface area contributed by atoms with Crippen molar-refractivity contribution in [3.05, 3.63) is 99.1 Å². The van der Waals surface area contributed by atoms with Crippen LogP contribution < -0.4 is 15.2 Å². The molecule has 0 amide bonds. The number of hydrogen-bond donors (Lipinski definition) is 1. The third kappa shape index (κ3) is 7.08. The van der Waals surface area contributed by atoms with Crippen LogP contribution in [-0.2, 0) is 12.4 Å². The predicted octanol–water partition coefficient (Wildman–Crippen LogP) is 5.07. The number of thioether (sulfide) groups is 1. The van der Waals surface area contributed by atoms with Crippen LogP contribution in [0.5, 0.6) is 11.5 Å². The highest BCUT2D eigenvalue weighted by Crippen LogP contribution is 2.30. The summed E-state index contributed by atoms with van der Waals surface area (Å²) in [6.45, 7) is 1.88. The summed E-state index contributed by atoms with van der Waals surface area (Å²) in [4.78, 5) is 10.9. The van der Waals surface area contributed by atoms with E-state index in [1.165, 1.54) is 17.8 Å². The fourth-order valence-electron chi connectivity index (χ4n) is 2.95. The normalized spacial score (nSPS) is 11.5. The van der Waals surface area contributed by atoms with Crippen LogP contribution in [0.4, 0.5) is 5.69 Å². The summed E-state index contributed by atoms with van der Waals surface area (Å²) < 4.78 is 11.1. The van der Waals surface area contributed by atoms with Crippen molar-refractivity contribution in [2.75, 3.05) is 7.11 Å². The summed E-state index contributed by atoms with van der Waals surface area (Å²) in [5.41, 5.74) is 9.26. The fourth-order valence-corrected chi connectivity index (χ4v) is 3.56. The number of nitro groups is 1. The summed E-state index contributed by atoms with van der Waals surface area (Å²) in [7, 11) is 1.55. The summed E-state index contributed by atoms with van der Waals surface area (Å²) >= 11 is 1.40. The second kappa shape index (κ2) is 11.7. The van der Waals surface area contributed by atoms with Crippen molar-refractivity contribution in [2.45, 2.75) is 19.3 Å². The number of rotatable bonds is 9. The highest BCUT2D eigenvalue weighted by atomic mass is 32.2. The van der Waals surface area contributed by atoms with E-state index in [0.717, 1.165) is 16.7 Å². The molecule has 0 aromatic heterocycles. The Morgan fingerprint density at radius 2 is 1.88 bits per heavy atom. The number of nitro benzene ring substituents is 1. The monoisotopic (exact) mass is 464 g/mol. The maximum Gasteiger partial charge on any atom is 0.311 e. The molecule has 33 heavy (non-hydrogen) atoms. The zero-order valence-corrected chi connectivity index (χ0v) is 19.1. The van der Waals surface area contributed by atoms with Crippen molar-refractivity contribution in [3.8, 4) is 11.5 Å². The lowest BCUT2D eigenvalue weighted by Crippen LogP contribution is -2.06. The largest absolute Gasteiger partial charge is 0.496 e. The second-order valence-electron chi connectivity index (χ2n) is 7.05. The summed E-state index contributed by atoms with van der Waals surface area (Å²) in [5, 5.41) is 19.8. The van der Waals surface area contributed by atoms with Crippen LogP contribution in [0.25, 0.3) is 0 Å². The van der Waals surface area contributed by atoms with Crippen molar-refractivity contribution < 1.29 is 14.4 Å². The van der Waals surface area contributed by atoms with Crippen LogP contribution in [0.2, 0.25) is 0 Å². The molecular formula is C24H24N4O4S. The maximum atomic E-state index is 11.3. The average Bonchev–Trinajstić information content (AvgIpc) is 2.82. The standard InChI is InChI=1S/C24H24N4O4S/c1-17-8-10-23(21(12-17)28(29)30)32-15-20-13-19(9-11-22(20)31-2)14-26-27-24(25)33-16-18-6-4-3-5-7-18/h3-14H,15-16H2,1-2H3,(H2,25,27). The van der Waals surface area contributed by atoms with Crippen LogP contribution in [0, 0.1) is 17.0 Å². The Balaban J connectivity index is 1.67. The Kier molecular flexibility index (Phi) is 8.43. The van der Waals surface area contributed by atoms with E-state index in [0.29, 0.717) is 22.2 Å². The predicted molar refractivity (Wildman–Crippen MR) is 132 cm³/mol. The Labute approximate surface area is 196 Å². The van der Waals surface area contributed by atoms with Gasteiger partial charge in [0.25, 0.3) is 0 Å². The molecule has 0 fully saturated rings. The molecule has 2 N–H and O–H groups in total. The molecule has 0 aliphatic carbocycles. The molecule has 170 valence electrons. The zero-order chi connectivity index (χ0) is 23.6. The van der Waals surface area contributed by atoms with Crippen LogP contribution in [0.15, 0.2) is 76.9 Å². The minimum Gasteiger partial charge on any atom is -0.496 e. The van der Waals surface area contributed by atoms with E-state index >= 15 is 0 Å². The number of nitrogens with zero attached hydrogens (tertiary/aromatic N) is 3. The second-order valence-corrected chi connectivity index (χ2v) is 8.04. The topological polar surface area (TPSA) is 112 Å². The summed E-state index contributed by atoms with van der Waals surface area (Å²) in [6.07, 6.45) is 1.58. The van der Waals surface area contributed by atoms with Crippen molar-refractivity contribution in [1.82, 2.24) is 0 Å². The van der Waals surface area contributed by atoms with E-state index in [-0.39, 0.29) is 18.0 Å². The quantitative estimate of drug-likeness (QED) is 0.205. The molecule has 0 saturated carbocycles. The van der Waals surface area contributed by atoms with Crippen LogP contribution in [0.1, 0.15) is 22.3 Å². The van der Waals surface area contributed by atoms with Crippen molar-refractivity contribution >= 4 is 28.8 Å². The zero-order valence-electron chi connectivity index (χ0n) is 18.3. The van der Waals surface area contributed by atoms with Crippen LogP contribution in [0.3, 0.4) is 0 Å². The average molecular weight is 465 g/mol. The molecule has 0 aliphatic heterocycles. The van der Waals surface area contributed by atoms with E-state index in [9.17, 15) is 10.1 Å². The van der Waals surface area contributed by atoms with Crippen molar-refractivity contribution in [1.29, 1.82) is 0 Å². The molecular weight excluding hydrogens is 440 g/mol. The highest BCUT2D eigenvalue weighted by Gasteiger charge is 2.16. The van der Waals surface area contributed by atoms with E-state index in [4.69, 9.17) is 15.2 Å². The SMILES string of the molecule is COc1ccc(C=NN=C(N)SCc2ccccc2)cc1COc1ccc(C)cc1[N+](=O)[O-]. The number of amidine groups is 1. The van der Waals surface area contributed by atoms with Gasteiger partial charge in [-0.15, -0.1) is 5.10 Å². The van der Waals surface area contributed by atoms with Gasteiger partial charge in [-0.2, -0.15) is 5.10 Å². The van der Waals surface area contributed by atoms with Gasteiger partial charge in [-0.25, -0.2) is 0 Å². The number of nitrogens with two attached hydrogens (primary N) is 1. The first-order chi connectivity index (χ1) is 16.0. The minimum absolute atomic E-state index is 0.0792. The van der Waals surface area contributed by atoms with Gasteiger partial charge in [0.1, 0.15) is 12.4 Å². The number of methoxy groups -OCH3 is 1. The van der Waals surface area contributed by atoms with Gasteiger partial charge in [-0.1, -0.05) is 48.2 Å². The maximum absolute atomic E-state index is 11.3. The van der Waals surface area contributed by atoms with Gasteiger partial charge in [-0.3, -0.25) is 10.1 Å². The lowest BCUT2D eigenvalue weighted by molar-refractivity contribution is -0.386. The molecule has 9 heteroatoms. The van der Waals surface area contributed by atoms with E-state index in [1.54, 1.807) is 38.4 Å². The van der Waals surface area contributed by atoms with Gasteiger partial charge in [-0.05, 0) is 47.9 Å². The van der Waals surface area contributed by atoms with Gasteiger partial charge in [0.15, 0.2) is 10.9 Å². The van der Waals surface area contributed by atoms with E-state index in [1.807, 2.05) is 42.5 Å². The molecule has 3 rings (SSSR count). The number of hydrogen-bond acceptors (Lipinski definition) is 7. The van der Waals surface area contributed by atoms with Crippen LogP contribution >= 0.6 is 11.8 Å². The smallest absolute Gasteiger partial charge is 0.311 e. The van der Waals surface area contributed by atoms with E-state index in [2.05, 4.69) is 10.2 Å². The van der Waals surface area contributed by atoms with Gasteiger partial charge in [0, 0.05) is 17.4 Å². The summed E-state index contributed by atoms with van der Waals surface area (Å²) in [5.74, 6) is 1.50. The van der Waals surface area contributed by atoms with Gasteiger partial charge < -0.3 is 15.2 Å². The highest BCUT2D eigenvalue weighted by molar-refractivity contribution is 8.13. The molecule has 3 aromatic rings. The van der Waals surface area contributed by atoms with Crippen LogP contribution in [-0.4, -0.2) is 23.4 Å². The summed E-state index contributed by atoms with van der Waals surface area (Å²) in [6, 6.07) is 20.2. The lowest BCUT2D eigenvalue weighted by Gasteiger charge is -2.11. The third-order valence-electron chi connectivity index (χ3n) is 4.59. The lowest BCUT2D eigenvalue weighted by atomic mass is 10.1. The molecule has 8 nitrogen and oxygen atoms in total. The molecule has 3 aromatic carbocycles. The molecule has 0 bridgehead atoms.